The normalized spacial score (nSPS) is 12.6. The van der Waals surface area contributed by atoms with E-state index in [-0.39, 0.29) is 6.04 Å². The van der Waals surface area contributed by atoms with Crippen LogP contribution in [0, 0.1) is 0 Å². The Morgan fingerprint density at radius 2 is 2.12 bits per heavy atom. The van der Waals surface area contributed by atoms with Crippen LogP contribution in [0.15, 0.2) is 24.3 Å². The monoisotopic (exact) mass is 238 g/mol. The quantitative estimate of drug-likeness (QED) is 0.665. The fourth-order valence-corrected chi connectivity index (χ4v) is 1.74. The van der Waals surface area contributed by atoms with Crippen LogP contribution >= 0.6 is 0 Å². The second-order valence-corrected chi connectivity index (χ2v) is 3.91. The van der Waals surface area contributed by atoms with Gasteiger partial charge < -0.3 is 20.5 Å². The SMILES string of the molecule is COCCNC(CN)c1cccc(COC)c1. The number of nitrogens with two attached hydrogens (primary N) is 1. The lowest BCUT2D eigenvalue weighted by Crippen LogP contribution is -2.30. The summed E-state index contributed by atoms with van der Waals surface area (Å²) in [5.74, 6) is 0. The molecular weight excluding hydrogens is 216 g/mol. The first-order valence-electron chi connectivity index (χ1n) is 5.82. The van der Waals surface area contributed by atoms with E-state index < -0.39 is 0 Å². The minimum atomic E-state index is 0.168. The van der Waals surface area contributed by atoms with Crippen molar-refractivity contribution >= 4 is 0 Å². The first-order valence-corrected chi connectivity index (χ1v) is 5.82. The molecule has 0 amide bonds. The van der Waals surface area contributed by atoms with Gasteiger partial charge in [-0.2, -0.15) is 0 Å². The van der Waals surface area contributed by atoms with E-state index in [1.165, 1.54) is 5.56 Å². The van der Waals surface area contributed by atoms with Crippen LogP contribution in [0.4, 0.5) is 0 Å². The van der Waals surface area contributed by atoms with Crippen molar-refractivity contribution in [3.05, 3.63) is 35.4 Å². The molecule has 4 heteroatoms. The molecule has 0 aliphatic rings. The third kappa shape index (κ3) is 4.83. The molecule has 1 unspecified atom stereocenters. The van der Waals surface area contributed by atoms with E-state index in [1.54, 1.807) is 14.2 Å². The van der Waals surface area contributed by atoms with Gasteiger partial charge in [0.25, 0.3) is 0 Å². The van der Waals surface area contributed by atoms with Crippen LogP contribution in [0.1, 0.15) is 17.2 Å². The molecule has 0 spiro atoms. The fourth-order valence-electron chi connectivity index (χ4n) is 1.74. The van der Waals surface area contributed by atoms with Crippen molar-refractivity contribution in [1.29, 1.82) is 0 Å². The van der Waals surface area contributed by atoms with Gasteiger partial charge >= 0.3 is 0 Å². The average molecular weight is 238 g/mol. The van der Waals surface area contributed by atoms with Gasteiger partial charge in [0.1, 0.15) is 0 Å². The van der Waals surface area contributed by atoms with Crippen molar-refractivity contribution < 1.29 is 9.47 Å². The number of rotatable bonds is 8. The highest BCUT2D eigenvalue weighted by molar-refractivity contribution is 5.26. The van der Waals surface area contributed by atoms with Crippen molar-refractivity contribution in [2.75, 3.05) is 33.9 Å². The zero-order chi connectivity index (χ0) is 12.5. The van der Waals surface area contributed by atoms with Crippen LogP contribution in [0.25, 0.3) is 0 Å². The lowest BCUT2D eigenvalue weighted by molar-refractivity contribution is 0.184. The molecular formula is C13H22N2O2. The molecule has 4 nitrogen and oxygen atoms in total. The molecule has 1 aromatic rings. The molecule has 0 aromatic heterocycles. The largest absolute Gasteiger partial charge is 0.383 e. The van der Waals surface area contributed by atoms with Gasteiger partial charge in [0.05, 0.1) is 13.2 Å². The Morgan fingerprint density at radius 3 is 2.76 bits per heavy atom. The molecule has 17 heavy (non-hydrogen) atoms. The van der Waals surface area contributed by atoms with Gasteiger partial charge in [0.2, 0.25) is 0 Å². The Hall–Kier alpha value is -0.940. The molecule has 0 heterocycles. The van der Waals surface area contributed by atoms with Gasteiger partial charge in [-0.05, 0) is 11.1 Å². The van der Waals surface area contributed by atoms with Crippen molar-refractivity contribution in [2.45, 2.75) is 12.6 Å². The van der Waals surface area contributed by atoms with E-state index in [1.807, 2.05) is 6.07 Å². The summed E-state index contributed by atoms with van der Waals surface area (Å²) in [6.45, 7) is 2.69. The molecule has 1 atom stereocenters. The third-order valence-electron chi connectivity index (χ3n) is 2.60. The van der Waals surface area contributed by atoms with Crippen LogP contribution in [-0.4, -0.2) is 33.9 Å². The topological polar surface area (TPSA) is 56.5 Å². The summed E-state index contributed by atoms with van der Waals surface area (Å²) in [6.07, 6.45) is 0. The number of methoxy groups -OCH3 is 2. The molecule has 0 saturated heterocycles. The maximum absolute atomic E-state index is 5.78. The molecule has 0 aliphatic carbocycles. The molecule has 96 valence electrons. The van der Waals surface area contributed by atoms with Crippen molar-refractivity contribution in [2.24, 2.45) is 5.73 Å². The Bertz CT molecular complexity index is 318. The Kier molecular flexibility index (Phi) is 6.81. The first-order chi connectivity index (χ1) is 8.31. The zero-order valence-electron chi connectivity index (χ0n) is 10.6. The van der Waals surface area contributed by atoms with Crippen LogP contribution in [0.3, 0.4) is 0 Å². The fraction of sp³-hybridized carbons (Fsp3) is 0.538. The van der Waals surface area contributed by atoms with E-state index >= 15 is 0 Å². The zero-order valence-corrected chi connectivity index (χ0v) is 10.6. The summed E-state index contributed by atoms with van der Waals surface area (Å²) in [4.78, 5) is 0. The highest BCUT2D eigenvalue weighted by atomic mass is 16.5. The number of ether oxygens (including phenoxy) is 2. The molecule has 1 rings (SSSR count). The highest BCUT2D eigenvalue weighted by Crippen LogP contribution is 2.14. The van der Waals surface area contributed by atoms with Gasteiger partial charge in [-0.1, -0.05) is 24.3 Å². The summed E-state index contributed by atoms with van der Waals surface area (Å²) in [6, 6.07) is 8.46. The van der Waals surface area contributed by atoms with E-state index in [9.17, 15) is 0 Å². The standard InChI is InChI=1S/C13H22N2O2/c1-16-7-6-15-13(9-14)12-5-3-4-11(8-12)10-17-2/h3-5,8,13,15H,6-7,9-10,14H2,1-2H3. The lowest BCUT2D eigenvalue weighted by atomic mass is 10.0. The molecule has 0 saturated carbocycles. The van der Waals surface area contributed by atoms with Gasteiger partial charge in [0.15, 0.2) is 0 Å². The molecule has 0 bridgehead atoms. The Labute approximate surface area is 103 Å². The minimum Gasteiger partial charge on any atom is -0.383 e. The summed E-state index contributed by atoms with van der Waals surface area (Å²) >= 11 is 0. The van der Waals surface area contributed by atoms with Gasteiger partial charge in [-0.15, -0.1) is 0 Å². The maximum atomic E-state index is 5.78. The molecule has 0 radical (unpaired) electrons. The lowest BCUT2D eigenvalue weighted by Gasteiger charge is -2.17. The van der Waals surface area contributed by atoms with Crippen LogP contribution < -0.4 is 11.1 Å². The second-order valence-electron chi connectivity index (χ2n) is 3.91. The minimum absolute atomic E-state index is 0.168. The van der Waals surface area contributed by atoms with E-state index in [0.29, 0.717) is 19.8 Å². The Morgan fingerprint density at radius 1 is 1.29 bits per heavy atom. The average Bonchev–Trinajstić information content (AvgIpc) is 2.35. The van der Waals surface area contributed by atoms with Crippen LogP contribution in [-0.2, 0) is 16.1 Å². The van der Waals surface area contributed by atoms with E-state index in [0.717, 1.165) is 12.1 Å². The predicted octanol–water partition coefficient (Wildman–Crippen LogP) is 1.07. The van der Waals surface area contributed by atoms with Crippen molar-refractivity contribution in [3.8, 4) is 0 Å². The first kappa shape index (κ1) is 14.1. The van der Waals surface area contributed by atoms with Gasteiger partial charge in [-0.25, -0.2) is 0 Å². The third-order valence-corrected chi connectivity index (χ3v) is 2.60. The number of nitrogens with one attached hydrogen (secondary N) is 1. The molecule has 0 aliphatic heterocycles. The summed E-state index contributed by atoms with van der Waals surface area (Å²) in [5.41, 5.74) is 8.13. The van der Waals surface area contributed by atoms with Crippen LogP contribution in [0.2, 0.25) is 0 Å². The highest BCUT2D eigenvalue weighted by Gasteiger charge is 2.08. The Balaban J connectivity index is 2.63. The maximum Gasteiger partial charge on any atom is 0.0713 e. The summed E-state index contributed by atoms with van der Waals surface area (Å²) in [5, 5.41) is 3.37. The number of benzene rings is 1. The van der Waals surface area contributed by atoms with E-state index in [2.05, 4.69) is 23.5 Å². The molecule has 0 fully saturated rings. The second kappa shape index (κ2) is 8.20. The predicted molar refractivity (Wildman–Crippen MR) is 68.8 cm³/mol. The summed E-state index contributed by atoms with van der Waals surface area (Å²) in [7, 11) is 3.39. The molecule has 1 aromatic carbocycles. The van der Waals surface area contributed by atoms with Crippen LogP contribution in [0.5, 0.6) is 0 Å². The van der Waals surface area contributed by atoms with Crippen molar-refractivity contribution in [1.82, 2.24) is 5.32 Å². The summed E-state index contributed by atoms with van der Waals surface area (Å²) < 4.78 is 10.1. The van der Waals surface area contributed by atoms with Gasteiger partial charge in [-0.3, -0.25) is 0 Å². The van der Waals surface area contributed by atoms with E-state index in [4.69, 9.17) is 15.2 Å². The smallest absolute Gasteiger partial charge is 0.0713 e. The number of hydrogen-bond donors (Lipinski definition) is 2. The van der Waals surface area contributed by atoms with Gasteiger partial charge in [0, 0.05) is 33.4 Å². The van der Waals surface area contributed by atoms with Crippen molar-refractivity contribution in [3.63, 3.8) is 0 Å². The number of hydrogen-bond acceptors (Lipinski definition) is 4. The molecule has 3 N–H and O–H groups in total.